The van der Waals surface area contributed by atoms with Crippen LogP contribution in [-0.4, -0.2) is 43.7 Å². The molecule has 0 spiro atoms. The molecule has 0 fully saturated rings. The van der Waals surface area contributed by atoms with Gasteiger partial charge in [-0.2, -0.15) is 5.10 Å². The summed E-state index contributed by atoms with van der Waals surface area (Å²) in [7, 11) is 4.77. The highest BCUT2D eigenvalue weighted by Crippen LogP contribution is 2.30. The second-order valence-electron chi connectivity index (χ2n) is 5.56. The quantitative estimate of drug-likeness (QED) is 0.340. The first kappa shape index (κ1) is 19.9. The van der Waals surface area contributed by atoms with E-state index in [1.807, 2.05) is 13.8 Å². The highest BCUT2D eigenvalue weighted by Gasteiger charge is 2.35. The van der Waals surface area contributed by atoms with Gasteiger partial charge in [0.05, 0.1) is 18.3 Å². The molecule has 24 heavy (non-hydrogen) atoms. The van der Waals surface area contributed by atoms with Gasteiger partial charge in [0.15, 0.2) is 5.83 Å². The van der Waals surface area contributed by atoms with Crippen LogP contribution < -0.4 is 10.3 Å². The average molecular weight is 356 g/mol. The van der Waals surface area contributed by atoms with E-state index < -0.39 is 11.4 Å². The molecule has 0 saturated heterocycles. The predicted molar refractivity (Wildman–Crippen MR) is 96.9 cm³/mol. The van der Waals surface area contributed by atoms with Crippen molar-refractivity contribution in [3.05, 3.63) is 34.6 Å². The van der Waals surface area contributed by atoms with Gasteiger partial charge in [-0.3, -0.25) is 0 Å². The summed E-state index contributed by atoms with van der Waals surface area (Å²) in [5, 5.41) is 11.9. The molecule has 0 amide bonds. The number of nitrogens with one attached hydrogen (secondary N) is 2. The molecule has 0 aliphatic rings. The highest BCUT2D eigenvalue weighted by atomic mass is 35.5. The minimum atomic E-state index is -0.861. The number of ether oxygens (including phenoxy) is 1. The Hall–Kier alpha value is -2.15. The molecule has 0 saturated carbocycles. The lowest BCUT2D eigenvalue weighted by atomic mass is 9.93. The summed E-state index contributed by atoms with van der Waals surface area (Å²) in [6.45, 7) is 5.16. The maximum atomic E-state index is 14.7. The summed E-state index contributed by atoms with van der Waals surface area (Å²) in [5.41, 5.74) is 2.95. The molecule has 2 N–H and O–H groups in total. The maximum Gasteiger partial charge on any atom is 0.186 e. The summed E-state index contributed by atoms with van der Waals surface area (Å²) >= 11 is 5.89. The van der Waals surface area contributed by atoms with Crippen molar-refractivity contribution in [1.29, 1.82) is 5.41 Å². The third-order valence-corrected chi connectivity index (χ3v) is 4.04. The summed E-state index contributed by atoms with van der Waals surface area (Å²) in [6, 6.07) is 3.36. The smallest absolute Gasteiger partial charge is 0.186 e. The SMILES string of the molecule is CN/N=C(/C(F)=C(\C)OC)C(C)(C)N(C)c1ccc(Cl)nc1C=N. The first-order valence-electron chi connectivity index (χ1n) is 7.27. The molecular formula is C16H23ClFN5O. The van der Waals surface area contributed by atoms with Crippen LogP contribution in [0.1, 0.15) is 26.5 Å². The number of anilines is 1. The lowest BCUT2D eigenvalue weighted by Crippen LogP contribution is -2.49. The fourth-order valence-electron chi connectivity index (χ4n) is 2.12. The minimum Gasteiger partial charge on any atom is -0.498 e. The van der Waals surface area contributed by atoms with Crippen molar-refractivity contribution in [2.24, 2.45) is 5.10 Å². The van der Waals surface area contributed by atoms with Gasteiger partial charge in [-0.15, -0.1) is 0 Å². The summed E-state index contributed by atoms with van der Waals surface area (Å²) in [6.07, 6.45) is 1.11. The topological polar surface area (TPSA) is 73.6 Å². The van der Waals surface area contributed by atoms with E-state index in [2.05, 4.69) is 15.5 Å². The van der Waals surface area contributed by atoms with Crippen molar-refractivity contribution in [1.82, 2.24) is 10.4 Å². The van der Waals surface area contributed by atoms with Crippen LogP contribution in [0.15, 0.2) is 28.8 Å². The lowest BCUT2D eigenvalue weighted by molar-refractivity contribution is 0.280. The number of methoxy groups -OCH3 is 1. The second-order valence-corrected chi connectivity index (χ2v) is 5.95. The van der Waals surface area contributed by atoms with E-state index in [1.54, 1.807) is 31.1 Å². The Morgan fingerprint density at radius 1 is 1.50 bits per heavy atom. The Bertz CT molecular complexity index is 672. The van der Waals surface area contributed by atoms with Gasteiger partial charge in [-0.1, -0.05) is 11.6 Å². The number of aromatic nitrogens is 1. The van der Waals surface area contributed by atoms with E-state index in [0.717, 1.165) is 6.21 Å². The molecule has 1 heterocycles. The van der Waals surface area contributed by atoms with Gasteiger partial charge < -0.3 is 20.5 Å². The number of nitrogens with zero attached hydrogens (tertiary/aromatic N) is 3. The standard InChI is InChI=1S/C16H23ClFN5O/c1-10(24-6)14(18)15(22-20-4)16(2,3)23(5)12-7-8-13(17)21-11(12)9-19/h7-9,19-20H,1-6H3/b14-10-,19-9?,22-15-. The molecule has 0 bridgehead atoms. The van der Waals surface area contributed by atoms with Crippen molar-refractivity contribution in [3.8, 4) is 0 Å². The zero-order valence-electron chi connectivity index (χ0n) is 14.7. The van der Waals surface area contributed by atoms with Crippen LogP contribution in [0.3, 0.4) is 0 Å². The number of hydrazone groups is 1. The minimum absolute atomic E-state index is 0.131. The highest BCUT2D eigenvalue weighted by molar-refractivity contribution is 6.29. The van der Waals surface area contributed by atoms with Crippen molar-refractivity contribution in [2.45, 2.75) is 26.3 Å². The zero-order chi connectivity index (χ0) is 18.5. The first-order chi connectivity index (χ1) is 11.2. The summed E-state index contributed by atoms with van der Waals surface area (Å²) in [5.74, 6) is -0.422. The molecule has 0 atom stereocenters. The van der Waals surface area contributed by atoms with Crippen molar-refractivity contribution < 1.29 is 9.13 Å². The molecule has 0 aromatic carbocycles. The van der Waals surface area contributed by atoms with Crippen LogP contribution in [-0.2, 0) is 4.74 Å². The van der Waals surface area contributed by atoms with E-state index in [4.69, 9.17) is 21.7 Å². The monoisotopic (exact) mass is 355 g/mol. The Kier molecular flexibility index (Phi) is 6.71. The Morgan fingerprint density at radius 2 is 2.12 bits per heavy atom. The Balaban J connectivity index is 3.45. The van der Waals surface area contributed by atoms with Gasteiger partial charge in [-0.25, -0.2) is 9.37 Å². The van der Waals surface area contributed by atoms with Crippen LogP contribution in [0.25, 0.3) is 0 Å². The van der Waals surface area contributed by atoms with Gasteiger partial charge in [-0.05, 0) is 32.9 Å². The van der Waals surface area contributed by atoms with Gasteiger partial charge in [0, 0.05) is 20.3 Å². The number of rotatable bonds is 7. The molecule has 1 aromatic rings. The van der Waals surface area contributed by atoms with E-state index in [1.165, 1.54) is 14.0 Å². The molecule has 1 rings (SSSR count). The van der Waals surface area contributed by atoms with Gasteiger partial charge in [0.2, 0.25) is 0 Å². The number of hydrogen-bond donors (Lipinski definition) is 2. The van der Waals surface area contributed by atoms with Crippen molar-refractivity contribution in [2.75, 3.05) is 26.1 Å². The van der Waals surface area contributed by atoms with E-state index in [-0.39, 0.29) is 16.6 Å². The molecular weight excluding hydrogens is 333 g/mol. The van der Waals surface area contributed by atoms with Crippen LogP contribution >= 0.6 is 11.6 Å². The van der Waals surface area contributed by atoms with E-state index in [9.17, 15) is 4.39 Å². The molecule has 8 heteroatoms. The first-order valence-corrected chi connectivity index (χ1v) is 7.65. The lowest BCUT2D eigenvalue weighted by Gasteiger charge is -2.38. The van der Waals surface area contributed by atoms with Crippen LogP contribution in [0, 0.1) is 5.41 Å². The predicted octanol–water partition coefficient (Wildman–Crippen LogP) is 3.37. The average Bonchev–Trinajstić information content (AvgIpc) is 2.57. The van der Waals surface area contributed by atoms with Crippen LogP contribution in [0.4, 0.5) is 10.1 Å². The van der Waals surface area contributed by atoms with Crippen LogP contribution in [0.5, 0.6) is 0 Å². The van der Waals surface area contributed by atoms with Gasteiger partial charge in [0.1, 0.15) is 22.3 Å². The Morgan fingerprint density at radius 3 is 2.62 bits per heavy atom. The number of hydrogen-bond acceptors (Lipinski definition) is 6. The fraction of sp³-hybridized carbons (Fsp3) is 0.438. The number of pyridine rings is 1. The van der Waals surface area contributed by atoms with E-state index >= 15 is 0 Å². The third kappa shape index (κ3) is 4.03. The van der Waals surface area contributed by atoms with Gasteiger partial charge >= 0.3 is 0 Å². The normalized spacial score (nSPS) is 13.2. The second kappa shape index (κ2) is 8.10. The Labute approximate surface area is 146 Å². The third-order valence-electron chi connectivity index (χ3n) is 3.83. The zero-order valence-corrected chi connectivity index (χ0v) is 15.5. The van der Waals surface area contributed by atoms with Crippen LogP contribution in [0.2, 0.25) is 5.15 Å². The van der Waals surface area contributed by atoms with E-state index in [0.29, 0.717) is 11.4 Å². The van der Waals surface area contributed by atoms with Gasteiger partial charge in [0.25, 0.3) is 0 Å². The molecule has 0 aliphatic carbocycles. The van der Waals surface area contributed by atoms with Crippen molar-refractivity contribution in [3.63, 3.8) is 0 Å². The molecule has 132 valence electrons. The number of halogens is 2. The van der Waals surface area contributed by atoms with Crippen molar-refractivity contribution >= 4 is 29.2 Å². The molecule has 1 aromatic heterocycles. The summed E-state index contributed by atoms with van der Waals surface area (Å²) < 4.78 is 19.7. The molecule has 0 unspecified atom stereocenters. The summed E-state index contributed by atoms with van der Waals surface area (Å²) in [4.78, 5) is 5.91. The molecule has 0 aliphatic heterocycles. The largest absolute Gasteiger partial charge is 0.498 e. The molecule has 6 nitrogen and oxygen atoms in total. The number of allylic oxidation sites excluding steroid dienone is 1. The molecule has 0 radical (unpaired) electrons. The fourth-order valence-corrected chi connectivity index (χ4v) is 2.27. The maximum absolute atomic E-state index is 14.7.